The first-order valence-electron chi connectivity index (χ1n) is 7.59. The number of anilines is 1. The quantitative estimate of drug-likeness (QED) is 0.793. The highest BCUT2D eigenvalue weighted by molar-refractivity contribution is 7.13. The summed E-state index contributed by atoms with van der Waals surface area (Å²) in [4.78, 5) is 1.07. The number of nitrogens with zero attached hydrogens (tertiary/aromatic N) is 2. The number of fused-ring (bicyclic) bond motifs is 1. The third kappa shape index (κ3) is 2.36. The lowest BCUT2D eigenvalue weighted by Crippen LogP contribution is -2.10. The number of nitrogen functional groups attached to an aromatic ring is 1. The molecule has 2 N–H and O–H groups in total. The number of nitriles is 2. The van der Waals surface area contributed by atoms with E-state index in [1.165, 1.54) is 18.4 Å². The summed E-state index contributed by atoms with van der Waals surface area (Å²) in [5.74, 6) is 0. The van der Waals surface area contributed by atoms with E-state index < -0.39 is 0 Å². The van der Waals surface area contributed by atoms with Crippen molar-refractivity contribution in [1.82, 2.24) is 0 Å². The van der Waals surface area contributed by atoms with Crippen LogP contribution in [-0.2, 0) is 12.8 Å². The van der Waals surface area contributed by atoms with Crippen LogP contribution in [0.15, 0.2) is 17.5 Å². The molecule has 1 heterocycles. The van der Waals surface area contributed by atoms with Crippen molar-refractivity contribution in [3.63, 3.8) is 0 Å². The van der Waals surface area contributed by atoms with Crippen LogP contribution in [0, 0.1) is 22.7 Å². The van der Waals surface area contributed by atoms with Crippen molar-refractivity contribution in [2.75, 3.05) is 5.73 Å². The summed E-state index contributed by atoms with van der Waals surface area (Å²) in [6, 6.07) is 8.51. The third-order valence-electron chi connectivity index (χ3n) is 4.35. The summed E-state index contributed by atoms with van der Waals surface area (Å²) in [6.45, 7) is 0. The Hall–Kier alpha value is -2.30. The molecule has 0 atom stereocenters. The van der Waals surface area contributed by atoms with Gasteiger partial charge in [-0.2, -0.15) is 10.5 Å². The predicted octanol–water partition coefficient (Wildman–Crippen LogP) is 4.40. The molecule has 2 aromatic rings. The minimum atomic E-state index is 0.354. The van der Waals surface area contributed by atoms with Gasteiger partial charge in [-0.15, -0.1) is 11.3 Å². The molecule has 3 rings (SSSR count). The van der Waals surface area contributed by atoms with Crippen LogP contribution >= 0.6 is 11.3 Å². The van der Waals surface area contributed by atoms with Crippen LogP contribution in [0.1, 0.15) is 47.9 Å². The predicted molar refractivity (Wildman–Crippen MR) is 89.5 cm³/mol. The van der Waals surface area contributed by atoms with Crippen LogP contribution in [-0.4, -0.2) is 0 Å². The first-order chi connectivity index (χ1) is 10.8. The topological polar surface area (TPSA) is 73.6 Å². The van der Waals surface area contributed by atoms with E-state index in [-0.39, 0.29) is 0 Å². The molecule has 0 unspecified atom stereocenters. The number of nitrogens with two attached hydrogens (primary N) is 1. The minimum absolute atomic E-state index is 0.354. The lowest BCUT2D eigenvalue weighted by atomic mass is 9.83. The molecule has 22 heavy (non-hydrogen) atoms. The molecule has 1 aromatic carbocycles. The maximum atomic E-state index is 9.61. The maximum Gasteiger partial charge on any atom is 0.102 e. The molecular formula is C18H17N3S. The normalized spacial score (nSPS) is 14.3. The molecule has 3 nitrogen and oxygen atoms in total. The van der Waals surface area contributed by atoms with Crippen LogP contribution in [0.2, 0.25) is 0 Å². The van der Waals surface area contributed by atoms with Crippen LogP contribution < -0.4 is 5.73 Å². The number of benzene rings is 1. The first-order valence-corrected chi connectivity index (χ1v) is 8.47. The third-order valence-corrected chi connectivity index (χ3v) is 5.24. The molecular weight excluding hydrogens is 290 g/mol. The Balaban J connectivity index is 2.37. The highest BCUT2D eigenvalue weighted by Crippen LogP contribution is 2.40. The van der Waals surface area contributed by atoms with E-state index in [9.17, 15) is 10.5 Å². The van der Waals surface area contributed by atoms with E-state index in [2.05, 4.69) is 12.1 Å². The van der Waals surface area contributed by atoms with Gasteiger partial charge in [0.2, 0.25) is 0 Å². The van der Waals surface area contributed by atoms with Crippen LogP contribution in [0.4, 0.5) is 5.69 Å². The second-order valence-electron chi connectivity index (χ2n) is 5.61. The van der Waals surface area contributed by atoms with Gasteiger partial charge in [-0.1, -0.05) is 18.9 Å². The van der Waals surface area contributed by atoms with Crippen LogP contribution in [0.5, 0.6) is 0 Å². The average molecular weight is 307 g/mol. The Bertz CT molecular complexity index is 776. The highest BCUT2D eigenvalue weighted by atomic mass is 32.1. The molecule has 1 aliphatic carbocycles. The monoisotopic (exact) mass is 307 g/mol. The number of rotatable bonds is 1. The van der Waals surface area contributed by atoms with Gasteiger partial charge in [0.25, 0.3) is 0 Å². The number of hydrogen-bond donors (Lipinski definition) is 1. The summed E-state index contributed by atoms with van der Waals surface area (Å²) in [6.07, 6.45) is 6.39. The molecule has 0 saturated heterocycles. The smallest absolute Gasteiger partial charge is 0.102 e. The molecule has 0 bridgehead atoms. The summed E-state index contributed by atoms with van der Waals surface area (Å²) in [7, 11) is 0. The van der Waals surface area contributed by atoms with E-state index >= 15 is 0 Å². The van der Waals surface area contributed by atoms with Crippen LogP contribution in [0.3, 0.4) is 0 Å². The lowest BCUT2D eigenvalue weighted by molar-refractivity contribution is 0.617. The van der Waals surface area contributed by atoms with Gasteiger partial charge in [-0.25, -0.2) is 0 Å². The van der Waals surface area contributed by atoms with Gasteiger partial charge in [0.05, 0.1) is 16.8 Å². The van der Waals surface area contributed by atoms with Gasteiger partial charge in [-0.3, -0.25) is 0 Å². The largest absolute Gasteiger partial charge is 0.397 e. The van der Waals surface area contributed by atoms with E-state index in [4.69, 9.17) is 5.73 Å². The summed E-state index contributed by atoms with van der Waals surface area (Å²) >= 11 is 1.62. The maximum absolute atomic E-state index is 9.61. The van der Waals surface area contributed by atoms with Crippen molar-refractivity contribution >= 4 is 17.0 Å². The molecule has 1 aliphatic rings. The van der Waals surface area contributed by atoms with Crippen molar-refractivity contribution < 1.29 is 0 Å². The second kappa shape index (κ2) is 6.22. The molecule has 0 saturated carbocycles. The minimum Gasteiger partial charge on any atom is -0.397 e. The lowest BCUT2D eigenvalue weighted by Gasteiger charge is -2.21. The highest BCUT2D eigenvalue weighted by Gasteiger charge is 2.24. The van der Waals surface area contributed by atoms with Crippen LogP contribution in [0.25, 0.3) is 10.4 Å². The van der Waals surface area contributed by atoms with E-state index in [1.807, 2.05) is 17.5 Å². The molecule has 1 aromatic heterocycles. The molecule has 4 heteroatoms. The SMILES string of the molecule is N#Cc1c(N)c(C#N)c(-c2cccs2)c2c1CCCCCC2. The van der Waals surface area contributed by atoms with Crippen molar-refractivity contribution in [2.45, 2.75) is 38.5 Å². The molecule has 0 amide bonds. The average Bonchev–Trinajstić information content (AvgIpc) is 3.02. The Morgan fingerprint density at radius 1 is 0.955 bits per heavy atom. The molecule has 110 valence electrons. The Kier molecular flexibility index (Phi) is 4.13. The summed E-state index contributed by atoms with van der Waals surface area (Å²) in [5.41, 5.74) is 10.7. The van der Waals surface area contributed by atoms with Gasteiger partial charge in [-0.05, 0) is 48.3 Å². The molecule has 0 aliphatic heterocycles. The standard InChI is InChI=1S/C18H17N3S/c19-10-14-12-6-3-1-2-4-7-13(12)17(15(11-20)18(14)21)16-8-5-9-22-16/h5,8-9H,1-4,6-7,21H2. The summed E-state index contributed by atoms with van der Waals surface area (Å²) in [5, 5.41) is 21.2. The Labute approximate surface area is 134 Å². The van der Waals surface area contributed by atoms with Gasteiger partial charge >= 0.3 is 0 Å². The molecule has 0 fully saturated rings. The van der Waals surface area contributed by atoms with Crippen molar-refractivity contribution in [3.8, 4) is 22.6 Å². The zero-order valence-electron chi connectivity index (χ0n) is 12.4. The van der Waals surface area contributed by atoms with E-state index in [0.29, 0.717) is 16.8 Å². The molecule has 0 spiro atoms. The Morgan fingerprint density at radius 2 is 1.64 bits per heavy atom. The summed E-state index contributed by atoms with van der Waals surface area (Å²) < 4.78 is 0. The second-order valence-corrected chi connectivity index (χ2v) is 6.56. The zero-order valence-corrected chi connectivity index (χ0v) is 13.2. The Morgan fingerprint density at radius 3 is 2.23 bits per heavy atom. The fourth-order valence-electron chi connectivity index (χ4n) is 3.32. The fraction of sp³-hybridized carbons (Fsp3) is 0.333. The van der Waals surface area contributed by atoms with Crippen molar-refractivity contribution in [3.05, 3.63) is 39.8 Å². The van der Waals surface area contributed by atoms with Crippen molar-refractivity contribution in [2.24, 2.45) is 0 Å². The van der Waals surface area contributed by atoms with E-state index in [0.717, 1.165) is 41.7 Å². The number of thiophene rings is 1. The zero-order chi connectivity index (χ0) is 15.5. The van der Waals surface area contributed by atoms with E-state index in [1.54, 1.807) is 11.3 Å². The molecule has 0 radical (unpaired) electrons. The van der Waals surface area contributed by atoms with Gasteiger partial charge in [0.1, 0.15) is 12.1 Å². The number of hydrogen-bond acceptors (Lipinski definition) is 4. The van der Waals surface area contributed by atoms with Crippen molar-refractivity contribution in [1.29, 1.82) is 10.5 Å². The van der Waals surface area contributed by atoms with Gasteiger partial charge in [0.15, 0.2) is 0 Å². The first kappa shape index (κ1) is 14.6. The van der Waals surface area contributed by atoms with Gasteiger partial charge in [0, 0.05) is 10.4 Å². The fourth-order valence-corrected chi connectivity index (χ4v) is 4.12. The van der Waals surface area contributed by atoms with Gasteiger partial charge < -0.3 is 5.73 Å².